The van der Waals surface area contributed by atoms with Crippen LogP contribution in [-0.4, -0.2) is 0 Å². The Kier molecular flexibility index (Phi) is 5.31. The molecule has 0 heterocycles. The van der Waals surface area contributed by atoms with E-state index in [9.17, 15) is 4.39 Å². The standard InChI is InChI=1S/C18H22FN/c1-3-17(14-10-6-5-7-11-14)20-18(4-2)15-12-8-9-13-16(15)19/h5-13,17-18,20H,3-4H2,1-2H3. The first-order valence-electron chi connectivity index (χ1n) is 7.31. The summed E-state index contributed by atoms with van der Waals surface area (Å²) in [5.41, 5.74) is 2.01. The summed E-state index contributed by atoms with van der Waals surface area (Å²) in [7, 11) is 0. The minimum Gasteiger partial charge on any atom is -0.303 e. The molecule has 0 aliphatic heterocycles. The molecule has 20 heavy (non-hydrogen) atoms. The highest BCUT2D eigenvalue weighted by atomic mass is 19.1. The molecule has 0 fully saturated rings. The molecule has 0 aliphatic carbocycles. The number of halogens is 1. The van der Waals surface area contributed by atoms with Crippen molar-refractivity contribution >= 4 is 0 Å². The third kappa shape index (κ3) is 3.45. The molecule has 2 atom stereocenters. The number of rotatable bonds is 6. The highest BCUT2D eigenvalue weighted by molar-refractivity contribution is 5.23. The van der Waals surface area contributed by atoms with E-state index >= 15 is 0 Å². The van der Waals surface area contributed by atoms with Crippen molar-refractivity contribution in [3.63, 3.8) is 0 Å². The van der Waals surface area contributed by atoms with E-state index in [0.29, 0.717) is 0 Å². The Labute approximate surface area is 120 Å². The van der Waals surface area contributed by atoms with Crippen LogP contribution in [0.3, 0.4) is 0 Å². The molecule has 0 saturated carbocycles. The van der Waals surface area contributed by atoms with E-state index in [0.717, 1.165) is 18.4 Å². The van der Waals surface area contributed by atoms with Gasteiger partial charge in [-0.15, -0.1) is 0 Å². The lowest BCUT2D eigenvalue weighted by Gasteiger charge is -2.25. The fourth-order valence-electron chi connectivity index (χ4n) is 2.56. The van der Waals surface area contributed by atoms with Crippen LogP contribution >= 0.6 is 0 Å². The Bertz CT molecular complexity index is 524. The van der Waals surface area contributed by atoms with Gasteiger partial charge in [-0.2, -0.15) is 0 Å². The van der Waals surface area contributed by atoms with Gasteiger partial charge in [0.15, 0.2) is 0 Å². The molecule has 2 heteroatoms. The summed E-state index contributed by atoms with van der Waals surface area (Å²) >= 11 is 0. The molecule has 0 aromatic heterocycles. The van der Waals surface area contributed by atoms with Gasteiger partial charge in [0.1, 0.15) is 5.82 Å². The molecule has 2 unspecified atom stereocenters. The van der Waals surface area contributed by atoms with Gasteiger partial charge in [0.2, 0.25) is 0 Å². The molecular formula is C18H22FN. The minimum absolute atomic E-state index is 0.0429. The van der Waals surface area contributed by atoms with E-state index in [1.54, 1.807) is 6.07 Å². The molecule has 106 valence electrons. The lowest BCUT2D eigenvalue weighted by Crippen LogP contribution is -2.26. The summed E-state index contributed by atoms with van der Waals surface area (Å²) in [6.45, 7) is 4.24. The van der Waals surface area contributed by atoms with E-state index in [2.05, 4.69) is 31.3 Å². The third-order valence-corrected chi connectivity index (χ3v) is 3.70. The fourth-order valence-corrected chi connectivity index (χ4v) is 2.56. The zero-order valence-electron chi connectivity index (χ0n) is 12.1. The summed E-state index contributed by atoms with van der Waals surface area (Å²) in [6.07, 6.45) is 1.85. The minimum atomic E-state index is -0.130. The van der Waals surface area contributed by atoms with Crippen LogP contribution in [0.5, 0.6) is 0 Å². The highest BCUT2D eigenvalue weighted by Gasteiger charge is 2.18. The van der Waals surface area contributed by atoms with Crippen molar-refractivity contribution in [2.45, 2.75) is 38.8 Å². The average molecular weight is 271 g/mol. The zero-order chi connectivity index (χ0) is 14.4. The van der Waals surface area contributed by atoms with Crippen molar-refractivity contribution in [2.75, 3.05) is 0 Å². The molecule has 0 bridgehead atoms. The van der Waals surface area contributed by atoms with Gasteiger partial charge in [-0.1, -0.05) is 62.4 Å². The molecule has 2 rings (SSSR count). The van der Waals surface area contributed by atoms with Gasteiger partial charge in [-0.3, -0.25) is 0 Å². The fraction of sp³-hybridized carbons (Fsp3) is 0.333. The summed E-state index contributed by atoms with van der Waals surface area (Å²) in [4.78, 5) is 0. The second kappa shape index (κ2) is 7.20. The Morgan fingerprint density at radius 3 is 2.05 bits per heavy atom. The Morgan fingerprint density at radius 1 is 0.850 bits per heavy atom. The smallest absolute Gasteiger partial charge is 0.127 e. The molecule has 0 aliphatic rings. The third-order valence-electron chi connectivity index (χ3n) is 3.70. The topological polar surface area (TPSA) is 12.0 Å². The molecule has 2 aromatic carbocycles. The van der Waals surface area contributed by atoms with E-state index in [1.165, 1.54) is 11.6 Å². The first-order valence-corrected chi connectivity index (χ1v) is 7.31. The molecule has 0 saturated heterocycles. The van der Waals surface area contributed by atoms with Crippen LogP contribution in [0.25, 0.3) is 0 Å². The van der Waals surface area contributed by atoms with Gasteiger partial charge >= 0.3 is 0 Å². The monoisotopic (exact) mass is 271 g/mol. The van der Waals surface area contributed by atoms with Crippen molar-refractivity contribution in [2.24, 2.45) is 0 Å². The predicted molar refractivity (Wildman–Crippen MR) is 82.0 cm³/mol. The Balaban J connectivity index is 2.19. The van der Waals surface area contributed by atoms with Crippen LogP contribution in [0.15, 0.2) is 54.6 Å². The van der Waals surface area contributed by atoms with Crippen molar-refractivity contribution in [1.29, 1.82) is 0 Å². The largest absolute Gasteiger partial charge is 0.303 e. The van der Waals surface area contributed by atoms with E-state index in [4.69, 9.17) is 0 Å². The van der Waals surface area contributed by atoms with E-state index in [-0.39, 0.29) is 17.9 Å². The first kappa shape index (κ1) is 14.7. The van der Waals surface area contributed by atoms with Crippen LogP contribution in [0, 0.1) is 5.82 Å². The number of hydrogen-bond donors (Lipinski definition) is 1. The molecule has 2 aromatic rings. The van der Waals surface area contributed by atoms with Gasteiger partial charge < -0.3 is 5.32 Å². The van der Waals surface area contributed by atoms with Gasteiger partial charge in [0.25, 0.3) is 0 Å². The van der Waals surface area contributed by atoms with E-state index < -0.39 is 0 Å². The molecule has 0 amide bonds. The first-order chi connectivity index (χ1) is 9.76. The molecule has 1 nitrogen and oxygen atoms in total. The normalized spacial score (nSPS) is 13.9. The van der Waals surface area contributed by atoms with Crippen molar-refractivity contribution in [1.82, 2.24) is 5.32 Å². The maximum absolute atomic E-state index is 13.9. The quantitative estimate of drug-likeness (QED) is 0.778. The molecule has 0 radical (unpaired) electrons. The second-order valence-electron chi connectivity index (χ2n) is 5.02. The zero-order valence-corrected chi connectivity index (χ0v) is 12.1. The highest BCUT2D eigenvalue weighted by Crippen LogP contribution is 2.25. The Hall–Kier alpha value is -1.67. The van der Waals surface area contributed by atoms with Crippen molar-refractivity contribution in [3.8, 4) is 0 Å². The van der Waals surface area contributed by atoms with Crippen LogP contribution in [0.4, 0.5) is 4.39 Å². The van der Waals surface area contributed by atoms with Crippen LogP contribution in [-0.2, 0) is 0 Å². The van der Waals surface area contributed by atoms with Gasteiger partial charge in [0.05, 0.1) is 0 Å². The summed E-state index contributed by atoms with van der Waals surface area (Å²) in [6, 6.07) is 17.7. The lowest BCUT2D eigenvalue weighted by atomic mass is 9.99. The van der Waals surface area contributed by atoms with Crippen molar-refractivity contribution < 1.29 is 4.39 Å². The van der Waals surface area contributed by atoms with Crippen LogP contribution in [0.2, 0.25) is 0 Å². The maximum atomic E-state index is 13.9. The molecular weight excluding hydrogens is 249 g/mol. The van der Waals surface area contributed by atoms with Crippen LogP contribution in [0.1, 0.15) is 49.9 Å². The van der Waals surface area contributed by atoms with E-state index in [1.807, 2.05) is 30.3 Å². The second-order valence-corrected chi connectivity index (χ2v) is 5.02. The lowest BCUT2D eigenvalue weighted by molar-refractivity contribution is 0.413. The van der Waals surface area contributed by atoms with Gasteiger partial charge in [0, 0.05) is 17.6 Å². The van der Waals surface area contributed by atoms with Crippen molar-refractivity contribution in [3.05, 3.63) is 71.5 Å². The summed E-state index contributed by atoms with van der Waals surface area (Å²) < 4.78 is 13.9. The maximum Gasteiger partial charge on any atom is 0.127 e. The summed E-state index contributed by atoms with van der Waals surface area (Å²) in [5, 5.41) is 3.59. The summed E-state index contributed by atoms with van der Waals surface area (Å²) in [5.74, 6) is -0.130. The number of benzene rings is 2. The predicted octanol–water partition coefficient (Wildman–Crippen LogP) is 5.02. The van der Waals surface area contributed by atoms with Gasteiger partial charge in [-0.25, -0.2) is 4.39 Å². The Morgan fingerprint density at radius 2 is 1.45 bits per heavy atom. The average Bonchev–Trinajstić information content (AvgIpc) is 2.50. The van der Waals surface area contributed by atoms with Gasteiger partial charge in [-0.05, 0) is 24.5 Å². The number of hydrogen-bond acceptors (Lipinski definition) is 1. The molecule has 1 N–H and O–H groups in total. The number of nitrogens with one attached hydrogen (secondary N) is 1. The molecule has 0 spiro atoms. The van der Waals surface area contributed by atoms with Crippen LogP contribution < -0.4 is 5.32 Å². The SMILES string of the molecule is CCC(NC(CC)c1ccccc1F)c1ccccc1.